The Balaban J connectivity index is 2.13. The lowest BCUT2D eigenvalue weighted by Crippen LogP contribution is -2.09. The highest BCUT2D eigenvalue weighted by Crippen LogP contribution is 2.64. The molecule has 29 heavy (non-hydrogen) atoms. The Bertz CT molecular complexity index is 1030. The van der Waals surface area contributed by atoms with Crippen LogP contribution in [0, 0.1) is 5.82 Å². The van der Waals surface area contributed by atoms with Crippen LogP contribution in [0.15, 0.2) is 46.9 Å². The van der Waals surface area contributed by atoms with Crippen molar-refractivity contribution in [1.29, 1.82) is 0 Å². The molecule has 0 aliphatic heterocycles. The lowest BCUT2D eigenvalue weighted by Gasteiger charge is -2.26. The molecule has 0 spiro atoms. The van der Waals surface area contributed by atoms with Crippen LogP contribution in [-0.4, -0.2) is 20.3 Å². The van der Waals surface area contributed by atoms with E-state index in [9.17, 15) is 8.96 Å². The molecule has 1 aromatic heterocycles. The molecule has 0 bridgehead atoms. The summed E-state index contributed by atoms with van der Waals surface area (Å²) in [6.07, 6.45) is 0.360. The number of hydrogen-bond acceptors (Lipinski definition) is 5. The molecule has 0 fully saturated rings. The van der Waals surface area contributed by atoms with Gasteiger partial charge in [-0.25, -0.2) is 4.39 Å². The second-order valence-corrected chi connectivity index (χ2v) is 10.4. The molecule has 0 amide bonds. The van der Waals surface area contributed by atoms with Gasteiger partial charge in [-0.1, -0.05) is 24.3 Å². The van der Waals surface area contributed by atoms with Gasteiger partial charge in [-0.15, -0.1) is 11.3 Å². The molecule has 0 saturated carbocycles. The fourth-order valence-corrected chi connectivity index (χ4v) is 8.03. The second-order valence-electron chi connectivity index (χ2n) is 6.34. The van der Waals surface area contributed by atoms with Gasteiger partial charge in [0.25, 0.3) is 0 Å². The molecule has 156 valence electrons. The molecular weight excluding hydrogens is 478 g/mol. The Labute approximate surface area is 182 Å². The SMILES string of the molecule is CCOP(=O)(OCC)C(Cc1ccc(F)c(OC)c1)c1sc2ccccc2c1Br. The van der Waals surface area contributed by atoms with Crippen molar-refractivity contribution in [3.05, 3.63) is 63.2 Å². The molecule has 1 unspecified atom stereocenters. The van der Waals surface area contributed by atoms with E-state index in [4.69, 9.17) is 13.8 Å². The van der Waals surface area contributed by atoms with Crippen molar-refractivity contribution in [2.24, 2.45) is 0 Å². The maximum absolute atomic E-state index is 13.9. The largest absolute Gasteiger partial charge is 0.494 e. The minimum atomic E-state index is -3.49. The molecule has 4 nitrogen and oxygen atoms in total. The summed E-state index contributed by atoms with van der Waals surface area (Å²) in [6.45, 7) is 4.12. The number of rotatable bonds is 9. The van der Waals surface area contributed by atoms with Crippen molar-refractivity contribution in [2.75, 3.05) is 20.3 Å². The first-order chi connectivity index (χ1) is 13.9. The minimum absolute atomic E-state index is 0.152. The summed E-state index contributed by atoms with van der Waals surface area (Å²) in [5, 5.41) is 1.05. The van der Waals surface area contributed by atoms with Crippen LogP contribution < -0.4 is 4.74 Å². The number of benzene rings is 2. The van der Waals surface area contributed by atoms with Gasteiger partial charge in [0, 0.05) is 19.4 Å². The lowest BCUT2D eigenvalue weighted by molar-refractivity contribution is 0.212. The van der Waals surface area contributed by atoms with Crippen molar-refractivity contribution >= 4 is 44.9 Å². The first-order valence-corrected chi connectivity index (χ1v) is 12.5. The quantitative estimate of drug-likeness (QED) is 0.288. The van der Waals surface area contributed by atoms with Gasteiger partial charge in [-0.05, 0) is 60.0 Å². The standard InChI is InChI=1S/C21H23BrFO4PS/c1-4-26-28(24,27-5-2)18(13-14-10-11-16(23)17(12-14)25-3)21-20(22)15-8-6-7-9-19(15)29-21/h6-12,18H,4-5,13H2,1-3H3. The Kier molecular flexibility index (Phi) is 7.52. The monoisotopic (exact) mass is 500 g/mol. The van der Waals surface area contributed by atoms with Crippen LogP contribution in [0.5, 0.6) is 5.75 Å². The van der Waals surface area contributed by atoms with Crippen LogP contribution in [-0.2, 0) is 20.0 Å². The summed E-state index contributed by atoms with van der Waals surface area (Å²) in [7, 11) is -2.06. The van der Waals surface area contributed by atoms with Gasteiger partial charge < -0.3 is 13.8 Å². The third-order valence-electron chi connectivity index (χ3n) is 4.51. The fraction of sp³-hybridized carbons (Fsp3) is 0.333. The van der Waals surface area contributed by atoms with E-state index >= 15 is 0 Å². The molecule has 0 radical (unpaired) electrons. The van der Waals surface area contributed by atoms with Crippen molar-refractivity contribution < 1.29 is 22.7 Å². The van der Waals surface area contributed by atoms with Crippen molar-refractivity contribution in [1.82, 2.24) is 0 Å². The first-order valence-electron chi connectivity index (χ1n) is 9.31. The highest BCUT2D eigenvalue weighted by atomic mass is 79.9. The number of ether oxygens (including phenoxy) is 1. The molecule has 0 N–H and O–H groups in total. The highest BCUT2D eigenvalue weighted by Gasteiger charge is 2.39. The van der Waals surface area contributed by atoms with Crippen LogP contribution in [0.4, 0.5) is 4.39 Å². The summed E-state index contributed by atoms with van der Waals surface area (Å²) in [4.78, 5) is 0.889. The molecule has 0 saturated heterocycles. The summed E-state index contributed by atoms with van der Waals surface area (Å²) in [6, 6.07) is 12.6. The molecule has 1 atom stereocenters. The molecule has 3 aromatic rings. The molecule has 8 heteroatoms. The van der Waals surface area contributed by atoms with Crippen molar-refractivity contribution in [3.63, 3.8) is 0 Å². The van der Waals surface area contributed by atoms with Gasteiger partial charge in [-0.3, -0.25) is 4.57 Å². The van der Waals surface area contributed by atoms with Crippen molar-refractivity contribution in [3.8, 4) is 5.75 Å². The topological polar surface area (TPSA) is 44.8 Å². The van der Waals surface area contributed by atoms with Gasteiger partial charge in [0.1, 0.15) is 5.66 Å². The number of thiophene rings is 1. The van der Waals surface area contributed by atoms with E-state index < -0.39 is 19.1 Å². The predicted molar refractivity (Wildman–Crippen MR) is 120 cm³/mol. The van der Waals surface area contributed by atoms with Crippen LogP contribution in [0.25, 0.3) is 10.1 Å². The van der Waals surface area contributed by atoms with Crippen LogP contribution in [0.2, 0.25) is 0 Å². The van der Waals surface area contributed by atoms with E-state index in [-0.39, 0.29) is 19.0 Å². The zero-order valence-corrected chi connectivity index (χ0v) is 19.8. The van der Waals surface area contributed by atoms with Gasteiger partial charge >= 0.3 is 7.60 Å². The van der Waals surface area contributed by atoms with Crippen molar-refractivity contribution in [2.45, 2.75) is 25.9 Å². The van der Waals surface area contributed by atoms with Crippen LogP contribution >= 0.6 is 34.9 Å². The summed E-state index contributed by atoms with van der Waals surface area (Å²) in [5.41, 5.74) is 0.251. The number of fused-ring (bicyclic) bond motifs is 1. The second kappa shape index (κ2) is 9.71. The Morgan fingerprint density at radius 3 is 2.45 bits per heavy atom. The molecular formula is C21H23BrFO4PS. The fourth-order valence-electron chi connectivity index (χ4n) is 3.23. The van der Waals surface area contributed by atoms with Gasteiger partial charge in [0.15, 0.2) is 11.6 Å². The van der Waals surface area contributed by atoms with Gasteiger partial charge in [0.05, 0.1) is 20.3 Å². The molecule has 3 rings (SSSR count). The zero-order chi connectivity index (χ0) is 21.0. The smallest absolute Gasteiger partial charge is 0.339 e. The lowest BCUT2D eigenvalue weighted by atomic mass is 10.1. The average molecular weight is 501 g/mol. The number of halogens is 2. The van der Waals surface area contributed by atoms with E-state index in [0.717, 1.165) is 25.0 Å². The third-order valence-corrected chi connectivity index (χ3v) is 9.52. The Morgan fingerprint density at radius 2 is 1.83 bits per heavy atom. The average Bonchev–Trinajstić information content (AvgIpc) is 3.04. The van der Waals surface area contributed by atoms with E-state index in [1.807, 2.05) is 24.3 Å². The zero-order valence-electron chi connectivity index (χ0n) is 16.5. The van der Waals surface area contributed by atoms with E-state index in [1.54, 1.807) is 37.3 Å². The van der Waals surface area contributed by atoms with Gasteiger partial charge in [-0.2, -0.15) is 0 Å². The summed E-state index contributed by atoms with van der Waals surface area (Å²) >= 11 is 5.25. The number of hydrogen-bond donors (Lipinski definition) is 0. The molecule has 0 aliphatic rings. The maximum atomic E-state index is 13.9. The highest BCUT2D eigenvalue weighted by molar-refractivity contribution is 9.10. The summed E-state index contributed by atoms with van der Waals surface area (Å²) in [5.74, 6) is -0.284. The normalized spacial score (nSPS) is 13.0. The van der Waals surface area contributed by atoms with E-state index in [2.05, 4.69) is 15.9 Å². The maximum Gasteiger partial charge on any atom is 0.339 e. The van der Waals surface area contributed by atoms with Crippen LogP contribution in [0.1, 0.15) is 29.9 Å². The molecule has 1 heterocycles. The summed E-state index contributed by atoms with van der Waals surface area (Å²) < 4.78 is 46.2. The predicted octanol–water partition coefficient (Wildman–Crippen LogP) is 7.36. The third kappa shape index (κ3) is 4.75. The first kappa shape index (κ1) is 22.4. The Hall–Kier alpha value is -1.24. The van der Waals surface area contributed by atoms with E-state index in [0.29, 0.717) is 6.42 Å². The van der Waals surface area contributed by atoms with E-state index in [1.165, 1.54) is 13.2 Å². The molecule has 2 aromatic carbocycles. The Morgan fingerprint density at radius 1 is 1.14 bits per heavy atom. The molecule has 0 aliphatic carbocycles. The minimum Gasteiger partial charge on any atom is -0.494 e. The van der Waals surface area contributed by atoms with Crippen LogP contribution in [0.3, 0.4) is 0 Å². The number of methoxy groups -OCH3 is 1. The van der Waals surface area contributed by atoms with Gasteiger partial charge in [0.2, 0.25) is 0 Å².